The van der Waals surface area contributed by atoms with Gasteiger partial charge in [-0.15, -0.1) is 0 Å². The van der Waals surface area contributed by atoms with Crippen LogP contribution in [0.3, 0.4) is 0 Å². The van der Waals surface area contributed by atoms with E-state index in [2.05, 4.69) is 15.2 Å². The first-order chi connectivity index (χ1) is 11.8. The van der Waals surface area contributed by atoms with Crippen LogP contribution in [0.4, 0.5) is 5.13 Å². The molecule has 0 saturated carbocycles. The quantitative estimate of drug-likeness (QED) is 0.823. The number of amides is 1. The van der Waals surface area contributed by atoms with Crippen LogP contribution in [0.1, 0.15) is 28.0 Å². The Morgan fingerprint density at radius 2 is 2.29 bits per heavy atom. The maximum Gasteiger partial charge on any atom is 0.263 e. The first kappa shape index (κ1) is 16.9. The zero-order valence-corrected chi connectivity index (χ0v) is 14.4. The minimum atomic E-state index is -0.155. The van der Waals surface area contributed by atoms with Crippen LogP contribution in [-0.4, -0.2) is 43.8 Å². The lowest BCUT2D eigenvalue weighted by molar-refractivity contribution is 0.0941. The number of rotatable bonds is 7. The number of morpholine rings is 1. The standard InChI is InChI=1S/C16H21N3O4S/c1-2-21-11-13-14(15(20)17-10-12-4-3-7-23-12)24-16(18-13)19-5-8-22-9-6-19/h3-4,7H,2,5-6,8-11H2,1H3,(H,17,20). The molecule has 0 spiro atoms. The van der Waals surface area contributed by atoms with E-state index in [9.17, 15) is 4.79 Å². The number of nitrogens with zero attached hydrogens (tertiary/aromatic N) is 2. The molecule has 0 bridgehead atoms. The molecule has 1 saturated heterocycles. The SMILES string of the molecule is CCOCc1nc(N2CCOCC2)sc1C(=O)NCc1ccco1. The topological polar surface area (TPSA) is 76.8 Å². The summed E-state index contributed by atoms with van der Waals surface area (Å²) < 4.78 is 16.1. The fraction of sp³-hybridized carbons (Fsp3) is 0.500. The molecule has 24 heavy (non-hydrogen) atoms. The number of anilines is 1. The van der Waals surface area contributed by atoms with E-state index in [4.69, 9.17) is 13.9 Å². The number of furan rings is 1. The number of hydrogen-bond acceptors (Lipinski definition) is 7. The first-order valence-electron chi connectivity index (χ1n) is 7.98. The van der Waals surface area contributed by atoms with Crippen LogP contribution in [0.15, 0.2) is 22.8 Å². The third-order valence-corrected chi connectivity index (χ3v) is 4.78. The van der Waals surface area contributed by atoms with Gasteiger partial charge in [-0.05, 0) is 19.1 Å². The second kappa shape index (κ2) is 8.27. The summed E-state index contributed by atoms with van der Waals surface area (Å²) in [6, 6.07) is 3.62. The molecule has 3 heterocycles. The van der Waals surface area contributed by atoms with Gasteiger partial charge in [0.05, 0.1) is 38.3 Å². The van der Waals surface area contributed by atoms with Crippen LogP contribution >= 0.6 is 11.3 Å². The molecule has 130 valence electrons. The lowest BCUT2D eigenvalue weighted by Gasteiger charge is -2.26. The molecule has 1 amide bonds. The van der Waals surface area contributed by atoms with Crippen molar-refractivity contribution in [2.45, 2.75) is 20.1 Å². The molecule has 1 fully saturated rings. The largest absolute Gasteiger partial charge is 0.467 e. The van der Waals surface area contributed by atoms with Gasteiger partial charge in [0.1, 0.15) is 10.6 Å². The number of carbonyl (C=O) groups is 1. The minimum Gasteiger partial charge on any atom is -0.467 e. The highest BCUT2D eigenvalue weighted by molar-refractivity contribution is 7.17. The summed E-state index contributed by atoms with van der Waals surface area (Å²) in [5, 5.41) is 3.72. The summed E-state index contributed by atoms with van der Waals surface area (Å²) in [5.74, 6) is 0.561. The number of thiazole rings is 1. The van der Waals surface area contributed by atoms with Crippen molar-refractivity contribution in [1.29, 1.82) is 0 Å². The maximum atomic E-state index is 12.5. The molecular formula is C16H21N3O4S. The van der Waals surface area contributed by atoms with E-state index in [0.29, 0.717) is 49.3 Å². The molecule has 3 rings (SSSR count). The van der Waals surface area contributed by atoms with Gasteiger partial charge in [-0.2, -0.15) is 0 Å². The number of hydrogen-bond donors (Lipinski definition) is 1. The summed E-state index contributed by atoms with van der Waals surface area (Å²) in [5.41, 5.74) is 0.681. The second-order valence-electron chi connectivity index (χ2n) is 5.27. The normalized spacial score (nSPS) is 14.8. The maximum absolute atomic E-state index is 12.5. The molecule has 0 radical (unpaired) electrons. The van der Waals surface area contributed by atoms with Crippen LogP contribution < -0.4 is 10.2 Å². The third kappa shape index (κ3) is 4.14. The van der Waals surface area contributed by atoms with Gasteiger partial charge in [0, 0.05) is 19.7 Å². The van der Waals surface area contributed by atoms with Crippen molar-refractivity contribution < 1.29 is 18.7 Å². The Hall–Kier alpha value is -1.90. The predicted molar refractivity (Wildman–Crippen MR) is 90.4 cm³/mol. The van der Waals surface area contributed by atoms with Crippen molar-refractivity contribution >= 4 is 22.4 Å². The van der Waals surface area contributed by atoms with E-state index in [1.165, 1.54) is 11.3 Å². The van der Waals surface area contributed by atoms with Crippen LogP contribution in [0.25, 0.3) is 0 Å². The second-order valence-corrected chi connectivity index (χ2v) is 6.25. The molecule has 2 aromatic rings. The van der Waals surface area contributed by atoms with Crippen molar-refractivity contribution in [2.75, 3.05) is 37.8 Å². The van der Waals surface area contributed by atoms with Gasteiger partial charge >= 0.3 is 0 Å². The van der Waals surface area contributed by atoms with Gasteiger partial charge in [-0.3, -0.25) is 4.79 Å². The molecule has 1 aliphatic heterocycles. The smallest absolute Gasteiger partial charge is 0.263 e. The van der Waals surface area contributed by atoms with Gasteiger partial charge in [-0.25, -0.2) is 4.98 Å². The van der Waals surface area contributed by atoms with Gasteiger partial charge in [0.2, 0.25) is 0 Å². The molecule has 1 N–H and O–H groups in total. The predicted octanol–water partition coefficient (Wildman–Crippen LogP) is 2.04. The zero-order chi connectivity index (χ0) is 16.8. The lowest BCUT2D eigenvalue weighted by Crippen LogP contribution is -2.36. The molecule has 0 aromatic carbocycles. The number of nitrogens with one attached hydrogen (secondary N) is 1. The summed E-state index contributed by atoms with van der Waals surface area (Å²) in [7, 11) is 0. The van der Waals surface area contributed by atoms with E-state index >= 15 is 0 Å². The van der Waals surface area contributed by atoms with Gasteiger partial charge in [-0.1, -0.05) is 11.3 Å². The molecule has 7 nitrogen and oxygen atoms in total. The third-order valence-electron chi connectivity index (χ3n) is 3.62. The lowest BCUT2D eigenvalue weighted by atomic mass is 10.3. The summed E-state index contributed by atoms with van der Waals surface area (Å²) >= 11 is 1.40. The molecular weight excluding hydrogens is 330 g/mol. The van der Waals surface area contributed by atoms with Crippen LogP contribution in [0, 0.1) is 0 Å². The van der Waals surface area contributed by atoms with Crippen molar-refractivity contribution in [3.63, 3.8) is 0 Å². The molecule has 0 atom stereocenters. The van der Waals surface area contributed by atoms with E-state index in [-0.39, 0.29) is 5.91 Å². The average Bonchev–Trinajstić information content (AvgIpc) is 3.28. The zero-order valence-electron chi connectivity index (χ0n) is 13.6. The van der Waals surface area contributed by atoms with Gasteiger partial charge < -0.3 is 24.1 Å². The Morgan fingerprint density at radius 1 is 1.46 bits per heavy atom. The molecule has 8 heteroatoms. The monoisotopic (exact) mass is 351 g/mol. The Labute approximate surface area is 144 Å². The summed E-state index contributed by atoms with van der Waals surface area (Å²) in [4.78, 5) is 19.9. The summed E-state index contributed by atoms with van der Waals surface area (Å²) in [6.07, 6.45) is 1.59. The van der Waals surface area contributed by atoms with Gasteiger partial charge in [0.15, 0.2) is 5.13 Å². The van der Waals surface area contributed by atoms with E-state index in [0.717, 1.165) is 18.2 Å². The number of carbonyl (C=O) groups excluding carboxylic acids is 1. The Balaban J connectivity index is 1.73. The molecule has 0 aliphatic carbocycles. The highest BCUT2D eigenvalue weighted by Gasteiger charge is 2.22. The number of ether oxygens (including phenoxy) is 2. The highest BCUT2D eigenvalue weighted by Crippen LogP contribution is 2.27. The van der Waals surface area contributed by atoms with E-state index in [1.54, 1.807) is 12.3 Å². The number of aromatic nitrogens is 1. The van der Waals surface area contributed by atoms with Crippen molar-refractivity contribution in [3.05, 3.63) is 34.7 Å². The molecule has 2 aromatic heterocycles. The van der Waals surface area contributed by atoms with Crippen molar-refractivity contribution in [1.82, 2.24) is 10.3 Å². The van der Waals surface area contributed by atoms with Crippen LogP contribution in [0.2, 0.25) is 0 Å². The molecule has 1 aliphatic rings. The Bertz CT molecular complexity index is 650. The van der Waals surface area contributed by atoms with Gasteiger partial charge in [0.25, 0.3) is 5.91 Å². The van der Waals surface area contributed by atoms with Crippen molar-refractivity contribution in [2.24, 2.45) is 0 Å². The fourth-order valence-electron chi connectivity index (χ4n) is 2.36. The van der Waals surface area contributed by atoms with Crippen LogP contribution in [-0.2, 0) is 22.6 Å². The van der Waals surface area contributed by atoms with E-state index < -0.39 is 0 Å². The molecule has 0 unspecified atom stereocenters. The van der Waals surface area contributed by atoms with Crippen molar-refractivity contribution in [3.8, 4) is 0 Å². The van der Waals surface area contributed by atoms with Crippen LogP contribution in [0.5, 0.6) is 0 Å². The summed E-state index contributed by atoms with van der Waals surface area (Å²) in [6.45, 7) is 6.13. The average molecular weight is 351 g/mol. The minimum absolute atomic E-state index is 0.155. The van der Waals surface area contributed by atoms with E-state index in [1.807, 2.05) is 13.0 Å². The first-order valence-corrected chi connectivity index (χ1v) is 8.80. The Morgan fingerprint density at radius 3 is 3.00 bits per heavy atom. The Kier molecular flexibility index (Phi) is 5.84. The fourth-order valence-corrected chi connectivity index (χ4v) is 3.40. The highest BCUT2D eigenvalue weighted by atomic mass is 32.1.